The summed E-state index contributed by atoms with van der Waals surface area (Å²) in [5.41, 5.74) is 1.66. The third-order valence-corrected chi connectivity index (χ3v) is 4.56. The summed E-state index contributed by atoms with van der Waals surface area (Å²) in [6, 6.07) is 16.8. The molecule has 0 N–H and O–H groups in total. The molecule has 0 unspecified atom stereocenters. The second-order valence-electron chi connectivity index (χ2n) is 6.84. The molecule has 0 amide bonds. The van der Waals surface area contributed by atoms with E-state index < -0.39 is 5.79 Å². The van der Waals surface area contributed by atoms with Gasteiger partial charge in [0.25, 0.3) is 0 Å². The van der Waals surface area contributed by atoms with Crippen molar-refractivity contribution in [2.45, 2.75) is 44.9 Å². The second-order valence-corrected chi connectivity index (χ2v) is 7.27. The Morgan fingerprint density at radius 2 is 1.88 bits per heavy atom. The van der Waals surface area contributed by atoms with Gasteiger partial charge in [-0.3, -0.25) is 4.79 Å². The van der Waals surface area contributed by atoms with Gasteiger partial charge >= 0.3 is 0 Å². The van der Waals surface area contributed by atoms with Gasteiger partial charge in [-0.1, -0.05) is 41.9 Å². The maximum atomic E-state index is 12.7. The first-order valence-electron chi connectivity index (χ1n) is 8.69. The first kappa shape index (κ1) is 19.1. The van der Waals surface area contributed by atoms with E-state index in [1.165, 1.54) is 0 Å². The van der Waals surface area contributed by atoms with E-state index in [0.29, 0.717) is 23.8 Å². The highest BCUT2D eigenvalue weighted by Crippen LogP contribution is 2.28. The largest absolute Gasteiger partial charge is 0.370 e. The number of Topliss-reactive ketones (excluding diaryl/α,β-unsaturated/α-hetero) is 1. The number of hydrogen-bond acceptors (Lipinski definition) is 4. The maximum absolute atomic E-state index is 12.7. The molecule has 3 rings (SSSR count). The quantitative estimate of drug-likeness (QED) is 0.662. The average Bonchev–Trinajstić information content (AvgIpc) is 2.99. The molecule has 1 aliphatic rings. The number of benzene rings is 2. The van der Waals surface area contributed by atoms with Gasteiger partial charge in [0.2, 0.25) is 0 Å². The van der Waals surface area contributed by atoms with E-state index in [2.05, 4.69) is 0 Å². The molecule has 1 heterocycles. The van der Waals surface area contributed by atoms with Crippen molar-refractivity contribution in [1.82, 2.24) is 0 Å². The fraction of sp³-hybridized carbons (Fsp3) is 0.381. The highest BCUT2D eigenvalue weighted by molar-refractivity contribution is 6.30. The van der Waals surface area contributed by atoms with E-state index in [4.69, 9.17) is 25.8 Å². The minimum Gasteiger partial charge on any atom is -0.370 e. The smallest absolute Gasteiger partial charge is 0.165 e. The predicted molar refractivity (Wildman–Crippen MR) is 100 cm³/mol. The van der Waals surface area contributed by atoms with Crippen LogP contribution in [0.1, 0.15) is 36.2 Å². The zero-order chi connectivity index (χ0) is 18.6. The highest BCUT2D eigenvalue weighted by Gasteiger charge is 2.38. The molecule has 26 heavy (non-hydrogen) atoms. The van der Waals surface area contributed by atoms with Crippen LogP contribution in [-0.4, -0.2) is 30.4 Å². The molecule has 1 fully saturated rings. The van der Waals surface area contributed by atoms with E-state index in [1.54, 1.807) is 24.3 Å². The molecule has 4 nitrogen and oxygen atoms in total. The Morgan fingerprint density at radius 1 is 1.19 bits per heavy atom. The molecule has 138 valence electrons. The molecule has 2 aromatic carbocycles. The van der Waals surface area contributed by atoms with Crippen LogP contribution in [0.4, 0.5) is 0 Å². The van der Waals surface area contributed by atoms with Gasteiger partial charge in [-0.05, 0) is 43.7 Å². The van der Waals surface area contributed by atoms with Gasteiger partial charge in [-0.25, -0.2) is 0 Å². The molecule has 5 heteroatoms. The monoisotopic (exact) mass is 374 g/mol. The third-order valence-electron chi connectivity index (χ3n) is 4.30. The van der Waals surface area contributed by atoms with E-state index in [-0.39, 0.29) is 24.4 Å². The standard InChI is InChI=1S/C21H23ClO4/c1-21(2)25-14-20(26-21)19(24-13-15-6-4-3-5-7-15)12-18(23)16-8-10-17(22)11-9-16/h3-11,19-20H,12-14H2,1-2H3/t19-,20+/m0/s1. The predicted octanol–water partition coefficient (Wildman–Crippen LogP) is 4.65. The summed E-state index contributed by atoms with van der Waals surface area (Å²) in [7, 11) is 0. The molecule has 0 saturated carbocycles. The highest BCUT2D eigenvalue weighted by atomic mass is 35.5. The van der Waals surface area contributed by atoms with Crippen LogP contribution < -0.4 is 0 Å². The van der Waals surface area contributed by atoms with Gasteiger partial charge in [0.1, 0.15) is 6.10 Å². The number of carbonyl (C=O) groups is 1. The molecule has 0 radical (unpaired) electrons. The SMILES string of the molecule is CC1(C)OC[C@H]([C@H](CC(=O)c2ccc(Cl)cc2)OCc2ccccc2)O1. The number of carbonyl (C=O) groups excluding carboxylic acids is 1. The maximum Gasteiger partial charge on any atom is 0.165 e. The number of hydrogen-bond donors (Lipinski definition) is 0. The van der Waals surface area contributed by atoms with Crippen molar-refractivity contribution >= 4 is 17.4 Å². The van der Waals surface area contributed by atoms with Gasteiger partial charge in [0.15, 0.2) is 11.6 Å². The molecule has 0 aromatic heterocycles. The van der Waals surface area contributed by atoms with E-state index in [0.717, 1.165) is 5.56 Å². The Kier molecular flexibility index (Phi) is 6.09. The lowest BCUT2D eigenvalue weighted by Crippen LogP contribution is -2.34. The van der Waals surface area contributed by atoms with Gasteiger partial charge in [-0.2, -0.15) is 0 Å². The van der Waals surface area contributed by atoms with Crippen molar-refractivity contribution in [1.29, 1.82) is 0 Å². The zero-order valence-electron chi connectivity index (χ0n) is 15.0. The van der Waals surface area contributed by atoms with Crippen molar-refractivity contribution in [2.75, 3.05) is 6.61 Å². The molecular weight excluding hydrogens is 352 g/mol. The number of ketones is 1. The summed E-state index contributed by atoms with van der Waals surface area (Å²) in [5, 5.41) is 0.604. The van der Waals surface area contributed by atoms with Gasteiger partial charge in [0, 0.05) is 17.0 Å². The Labute approximate surface area is 159 Å². The normalized spacial score (nSPS) is 20.0. The Hall–Kier alpha value is -1.72. The van der Waals surface area contributed by atoms with Crippen LogP contribution in [0.15, 0.2) is 54.6 Å². The Balaban J connectivity index is 1.69. The first-order chi connectivity index (χ1) is 12.4. The summed E-state index contributed by atoms with van der Waals surface area (Å²) in [6.45, 7) is 4.55. The fourth-order valence-electron chi connectivity index (χ4n) is 2.91. The summed E-state index contributed by atoms with van der Waals surface area (Å²) in [6.07, 6.45) is -0.455. The molecule has 0 bridgehead atoms. The van der Waals surface area contributed by atoms with E-state index in [9.17, 15) is 4.79 Å². The Bertz CT molecular complexity index is 727. The minimum atomic E-state index is -0.664. The summed E-state index contributed by atoms with van der Waals surface area (Å²) in [4.78, 5) is 12.7. The van der Waals surface area contributed by atoms with Crippen molar-refractivity contribution in [3.63, 3.8) is 0 Å². The molecule has 2 atom stereocenters. The minimum absolute atomic E-state index is 0.00645. The van der Waals surface area contributed by atoms with Crippen LogP contribution in [0.5, 0.6) is 0 Å². The lowest BCUT2D eigenvalue weighted by atomic mass is 10.0. The van der Waals surface area contributed by atoms with Crippen LogP contribution in [0, 0.1) is 0 Å². The third kappa shape index (κ3) is 5.15. The first-order valence-corrected chi connectivity index (χ1v) is 9.07. The van der Waals surface area contributed by atoms with Gasteiger partial charge in [-0.15, -0.1) is 0 Å². The second kappa shape index (κ2) is 8.31. The number of halogens is 1. The Morgan fingerprint density at radius 3 is 2.50 bits per heavy atom. The van der Waals surface area contributed by atoms with Crippen LogP contribution in [0.2, 0.25) is 5.02 Å². The number of ether oxygens (including phenoxy) is 3. The lowest BCUT2D eigenvalue weighted by molar-refractivity contribution is -0.157. The fourth-order valence-corrected chi connectivity index (χ4v) is 3.04. The zero-order valence-corrected chi connectivity index (χ0v) is 15.7. The molecule has 1 aliphatic heterocycles. The topological polar surface area (TPSA) is 44.8 Å². The number of rotatable bonds is 7. The van der Waals surface area contributed by atoms with Crippen molar-refractivity contribution in [3.05, 3.63) is 70.7 Å². The van der Waals surface area contributed by atoms with Crippen molar-refractivity contribution < 1.29 is 19.0 Å². The molecular formula is C21H23ClO4. The molecule has 2 aromatic rings. The van der Waals surface area contributed by atoms with Gasteiger partial charge in [0.05, 0.1) is 19.3 Å². The van der Waals surface area contributed by atoms with Crippen LogP contribution in [-0.2, 0) is 20.8 Å². The summed E-state index contributed by atoms with van der Waals surface area (Å²) in [5.74, 6) is -0.671. The van der Waals surface area contributed by atoms with Crippen molar-refractivity contribution in [3.8, 4) is 0 Å². The van der Waals surface area contributed by atoms with Crippen LogP contribution in [0.3, 0.4) is 0 Å². The van der Waals surface area contributed by atoms with Crippen LogP contribution in [0.25, 0.3) is 0 Å². The molecule has 1 saturated heterocycles. The summed E-state index contributed by atoms with van der Waals surface area (Å²) < 4.78 is 17.7. The summed E-state index contributed by atoms with van der Waals surface area (Å²) >= 11 is 5.90. The van der Waals surface area contributed by atoms with Crippen LogP contribution >= 0.6 is 11.6 Å². The average molecular weight is 375 g/mol. The molecule has 0 spiro atoms. The van der Waals surface area contributed by atoms with E-state index in [1.807, 2.05) is 44.2 Å². The van der Waals surface area contributed by atoms with E-state index >= 15 is 0 Å². The van der Waals surface area contributed by atoms with Gasteiger partial charge < -0.3 is 14.2 Å². The lowest BCUT2D eigenvalue weighted by Gasteiger charge is -2.24. The van der Waals surface area contributed by atoms with Crippen molar-refractivity contribution in [2.24, 2.45) is 0 Å². The molecule has 0 aliphatic carbocycles.